The minimum absolute atomic E-state index is 0.245. The number of halogens is 2. The molecule has 0 radical (unpaired) electrons. The van der Waals surface area contributed by atoms with Crippen molar-refractivity contribution in [3.05, 3.63) is 53.2 Å². The van der Waals surface area contributed by atoms with Crippen molar-refractivity contribution in [2.45, 2.75) is 27.7 Å². The number of pyridine rings is 1. The Morgan fingerprint density at radius 2 is 1.88 bits per heavy atom. The molecule has 6 heteroatoms. The lowest BCUT2D eigenvalue weighted by molar-refractivity contribution is 0.0972. The molecule has 0 atom stereocenters. The molecule has 0 aliphatic heterocycles. The van der Waals surface area contributed by atoms with Crippen LogP contribution in [0.4, 0.5) is 14.6 Å². The maximum atomic E-state index is 14.3. The van der Waals surface area contributed by atoms with Crippen molar-refractivity contribution in [1.29, 1.82) is 0 Å². The highest BCUT2D eigenvalue weighted by atomic mass is 19.1. The van der Waals surface area contributed by atoms with Crippen LogP contribution in [0.1, 0.15) is 36.8 Å². The topological polar surface area (TPSA) is 42.4 Å². The molecule has 1 aromatic carbocycles. The second-order valence-electron chi connectivity index (χ2n) is 7.06. The lowest BCUT2D eigenvalue weighted by Gasteiger charge is -2.29. The standard InChI is InChI=1S/C19H22F2N2O2/c1-12-7-6-8-17(22-12)23(11-19(2,3)4)18(24)13-9-15(21)16(25-5)10-14(13)20/h6-10H,11H2,1-5H3. The van der Waals surface area contributed by atoms with Gasteiger partial charge >= 0.3 is 0 Å². The largest absolute Gasteiger partial charge is 0.494 e. The average Bonchev–Trinajstić information content (AvgIpc) is 2.53. The second kappa shape index (κ2) is 7.17. The maximum Gasteiger partial charge on any atom is 0.262 e. The van der Waals surface area contributed by atoms with E-state index in [0.717, 1.165) is 17.8 Å². The Morgan fingerprint density at radius 1 is 1.20 bits per heavy atom. The molecule has 2 aromatic rings. The van der Waals surface area contributed by atoms with E-state index in [4.69, 9.17) is 4.74 Å². The Hall–Kier alpha value is -2.50. The first-order chi connectivity index (χ1) is 11.6. The lowest BCUT2D eigenvalue weighted by atomic mass is 9.95. The molecule has 0 fully saturated rings. The van der Waals surface area contributed by atoms with Gasteiger partial charge in [-0.05, 0) is 30.5 Å². The zero-order valence-corrected chi connectivity index (χ0v) is 15.1. The van der Waals surface area contributed by atoms with Gasteiger partial charge in [0.2, 0.25) is 0 Å². The first-order valence-electron chi connectivity index (χ1n) is 7.91. The van der Waals surface area contributed by atoms with Gasteiger partial charge < -0.3 is 4.74 Å². The minimum Gasteiger partial charge on any atom is -0.494 e. The summed E-state index contributed by atoms with van der Waals surface area (Å²) < 4.78 is 33.1. The van der Waals surface area contributed by atoms with Gasteiger partial charge in [0, 0.05) is 18.3 Å². The number of carbonyl (C=O) groups excluding carboxylic acids is 1. The number of hydrogen-bond donors (Lipinski definition) is 0. The third kappa shape index (κ3) is 4.53. The number of methoxy groups -OCH3 is 1. The maximum absolute atomic E-state index is 14.3. The van der Waals surface area contributed by atoms with Gasteiger partial charge in [-0.2, -0.15) is 0 Å². The first-order valence-corrected chi connectivity index (χ1v) is 7.91. The summed E-state index contributed by atoms with van der Waals surface area (Å²) in [5.74, 6) is -2.12. The quantitative estimate of drug-likeness (QED) is 0.824. The summed E-state index contributed by atoms with van der Waals surface area (Å²) in [4.78, 5) is 18.7. The fourth-order valence-corrected chi connectivity index (χ4v) is 2.40. The molecule has 0 unspecified atom stereocenters. The number of benzene rings is 1. The van der Waals surface area contributed by atoms with E-state index in [1.165, 1.54) is 12.0 Å². The fraction of sp³-hybridized carbons (Fsp3) is 0.368. The lowest BCUT2D eigenvalue weighted by Crippen LogP contribution is -2.39. The van der Waals surface area contributed by atoms with E-state index in [1.54, 1.807) is 25.1 Å². The summed E-state index contributed by atoms with van der Waals surface area (Å²) in [5, 5.41) is 0. The molecular formula is C19H22F2N2O2. The predicted octanol–water partition coefficient (Wildman–Crippen LogP) is 4.37. The van der Waals surface area contributed by atoms with E-state index in [2.05, 4.69) is 4.98 Å². The van der Waals surface area contributed by atoms with E-state index < -0.39 is 17.5 Å². The smallest absolute Gasteiger partial charge is 0.262 e. The van der Waals surface area contributed by atoms with Gasteiger partial charge in [0.15, 0.2) is 11.6 Å². The number of aryl methyl sites for hydroxylation is 1. The van der Waals surface area contributed by atoms with Crippen LogP contribution in [0.3, 0.4) is 0 Å². The van der Waals surface area contributed by atoms with E-state index in [0.29, 0.717) is 12.4 Å². The third-order valence-electron chi connectivity index (χ3n) is 3.50. The summed E-state index contributed by atoms with van der Waals surface area (Å²) in [7, 11) is 1.24. The van der Waals surface area contributed by atoms with Crippen LogP contribution >= 0.6 is 0 Å². The second-order valence-corrected chi connectivity index (χ2v) is 7.06. The number of nitrogens with zero attached hydrogens (tertiary/aromatic N) is 2. The highest BCUT2D eigenvalue weighted by Crippen LogP contribution is 2.26. The van der Waals surface area contributed by atoms with Gasteiger partial charge in [-0.1, -0.05) is 26.8 Å². The molecule has 0 saturated heterocycles. The Bertz CT molecular complexity index is 785. The van der Waals surface area contributed by atoms with Crippen LogP contribution in [0, 0.1) is 24.0 Å². The van der Waals surface area contributed by atoms with Gasteiger partial charge in [-0.15, -0.1) is 0 Å². The summed E-state index contributed by atoms with van der Waals surface area (Å²) in [6, 6.07) is 6.99. The number of rotatable bonds is 4. The molecule has 4 nitrogen and oxygen atoms in total. The molecule has 1 amide bonds. The van der Waals surface area contributed by atoms with Crippen LogP contribution < -0.4 is 9.64 Å². The predicted molar refractivity (Wildman–Crippen MR) is 93.0 cm³/mol. The van der Waals surface area contributed by atoms with Gasteiger partial charge in [0.1, 0.15) is 11.6 Å². The van der Waals surface area contributed by atoms with Crippen molar-refractivity contribution in [1.82, 2.24) is 4.98 Å². The van der Waals surface area contributed by atoms with Crippen molar-refractivity contribution in [2.75, 3.05) is 18.6 Å². The van der Waals surface area contributed by atoms with Crippen LogP contribution in [-0.4, -0.2) is 24.5 Å². The normalized spacial score (nSPS) is 11.3. The van der Waals surface area contributed by atoms with Crippen LogP contribution in [0.15, 0.2) is 30.3 Å². The van der Waals surface area contributed by atoms with Crippen LogP contribution in [-0.2, 0) is 0 Å². The summed E-state index contributed by atoms with van der Waals surface area (Å²) in [5.41, 5.74) is 0.110. The van der Waals surface area contributed by atoms with Crippen LogP contribution in [0.2, 0.25) is 0 Å². The van der Waals surface area contributed by atoms with Crippen LogP contribution in [0.25, 0.3) is 0 Å². The zero-order valence-electron chi connectivity index (χ0n) is 15.1. The van der Waals surface area contributed by atoms with Gasteiger partial charge in [0.05, 0.1) is 12.7 Å². The van der Waals surface area contributed by atoms with E-state index in [-0.39, 0.29) is 16.7 Å². The molecule has 0 aliphatic carbocycles. The van der Waals surface area contributed by atoms with Gasteiger partial charge in [-0.3, -0.25) is 9.69 Å². The van der Waals surface area contributed by atoms with Gasteiger partial charge in [0.25, 0.3) is 5.91 Å². The summed E-state index contributed by atoms with van der Waals surface area (Å²) in [6.07, 6.45) is 0. The molecule has 134 valence electrons. The van der Waals surface area contributed by atoms with Crippen molar-refractivity contribution in [3.63, 3.8) is 0 Å². The molecule has 1 aromatic heterocycles. The van der Waals surface area contributed by atoms with E-state index in [1.807, 2.05) is 20.8 Å². The van der Waals surface area contributed by atoms with Crippen molar-refractivity contribution >= 4 is 11.7 Å². The third-order valence-corrected chi connectivity index (χ3v) is 3.50. The van der Waals surface area contributed by atoms with E-state index in [9.17, 15) is 13.6 Å². The number of hydrogen-bond acceptors (Lipinski definition) is 3. The highest BCUT2D eigenvalue weighted by Gasteiger charge is 2.27. The Balaban J connectivity index is 2.51. The van der Waals surface area contributed by atoms with Gasteiger partial charge in [-0.25, -0.2) is 13.8 Å². The number of anilines is 1. The SMILES string of the molecule is COc1cc(F)c(C(=O)N(CC(C)(C)C)c2cccc(C)n2)cc1F. The molecule has 0 N–H and O–H groups in total. The molecule has 25 heavy (non-hydrogen) atoms. The molecule has 1 heterocycles. The summed E-state index contributed by atoms with van der Waals surface area (Å²) in [6.45, 7) is 7.96. The van der Waals surface area contributed by atoms with Crippen molar-refractivity contribution < 1.29 is 18.3 Å². The Morgan fingerprint density at radius 3 is 2.44 bits per heavy atom. The number of carbonyl (C=O) groups is 1. The Labute approximate surface area is 146 Å². The van der Waals surface area contributed by atoms with Crippen LogP contribution in [0.5, 0.6) is 5.75 Å². The van der Waals surface area contributed by atoms with E-state index >= 15 is 0 Å². The zero-order chi connectivity index (χ0) is 18.8. The number of amides is 1. The molecule has 2 rings (SSSR count). The molecule has 0 spiro atoms. The first kappa shape index (κ1) is 18.8. The average molecular weight is 348 g/mol. The molecule has 0 aliphatic rings. The summed E-state index contributed by atoms with van der Waals surface area (Å²) >= 11 is 0. The molecule has 0 saturated carbocycles. The fourth-order valence-electron chi connectivity index (χ4n) is 2.40. The molecular weight excluding hydrogens is 326 g/mol. The highest BCUT2D eigenvalue weighted by molar-refractivity contribution is 6.06. The number of aromatic nitrogens is 1. The minimum atomic E-state index is -0.838. The molecule has 0 bridgehead atoms. The monoisotopic (exact) mass is 348 g/mol. The Kier molecular flexibility index (Phi) is 5.40. The van der Waals surface area contributed by atoms with Crippen molar-refractivity contribution in [2.24, 2.45) is 5.41 Å². The number of ether oxygens (including phenoxy) is 1. The van der Waals surface area contributed by atoms with Crippen molar-refractivity contribution in [3.8, 4) is 5.75 Å².